The second-order valence-corrected chi connectivity index (χ2v) is 6.81. The molecule has 28 heavy (non-hydrogen) atoms. The van der Waals surface area contributed by atoms with Crippen LogP contribution in [0.25, 0.3) is 10.9 Å². The van der Waals surface area contributed by atoms with E-state index in [-0.39, 0.29) is 17.4 Å². The molecule has 2 amide bonds. The van der Waals surface area contributed by atoms with E-state index < -0.39 is 6.04 Å². The van der Waals surface area contributed by atoms with Gasteiger partial charge in [0.05, 0.1) is 17.2 Å². The molecule has 142 valence electrons. The molecule has 1 aliphatic rings. The summed E-state index contributed by atoms with van der Waals surface area (Å²) in [6, 6.07) is 13.5. The highest BCUT2D eigenvalue weighted by Gasteiger charge is 2.32. The van der Waals surface area contributed by atoms with Crippen LogP contribution in [0.4, 0.5) is 5.69 Å². The summed E-state index contributed by atoms with van der Waals surface area (Å²) in [6.07, 6.45) is 3.52. The predicted molar refractivity (Wildman–Crippen MR) is 106 cm³/mol. The maximum absolute atomic E-state index is 13.2. The van der Waals surface area contributed by atoms with Crippen LogP contribution < -0.4 is 10.9 Å². The van der Waals surface area contributed by atoms with Crippen molar-refractivity contribution >= 4 is 28.4 Å². The van der Waals surface area contributed by atoms with Crippen LogP contribution in [0.15, 0.2) is 59.7 Å². The highest BCUT2D eigenvalue weighted by atomic mass is 16.2. The van der Waals surface area contributed by atoms with E-state index in [1.807, 2.05) is 30.3 Å². The van der Waals surface area contributed by atoms with E-state index in [1.165, 1.54) is 6.33 Å². The van der Waals surface area contributed by atoms with E-state index in [0.29, 0.717) is 29.6 Å². The van der Waals surface area contributed by atoms with Gasteiger partial charge in [0.25, 0.3) is 11.5 Å². The molecule has 0 radical (unpaired) electrons. The Hall–Kier alpha value is -3.48. The van der Waals surface area contributed by atoms with E-state index in [1.54, 1.807) is 23.1 Å². The number of nitrogens with one attached hydrogen (secondary N) is 2. The van der Waals surface area contributed by atoms with Crippen molar-refractivity contribution in [3.05, 3.63) is 70.8 Å². The van der Waals surface area contributed by atoms with Gasteiger partial charge in [0.2, 0.25) is 5.91 Å². The molecule has 0 bridgehead atoms. The first kappa shape index (κ1) is 17.9. The Labute approximate surface area is 161 Å². The number of aromatic nitrogens is 2. The third-order valence-electron chi connectivity index (χ3n) is 4.94. The van der Waals surface area contributed by atoms with Crippen molar-refractivity contribution in [2.45, 2.75) is 25.3 Å². The van der Waals surface area contributed by atoms with Crippen molar-refractivity contribution in [2.24, 2.45) is 0 Å². The van der Waals surface area contributed by atoms with Crippen LogP contribution in [0, 0.1) is 0 Å². The molecule has 0 spiro atoms. The van der Waals surface area contributed by atoms with Crippen LogP contribution >= 0.6 is 0 Å². The molecule has 1 atom stereocenters. The van der Waals surface area contributed by atoms with Crippen molar-refractivity contribution in [3.8, 4) is 0 Å². The lowest BCUT2D eigenvalue weighted by Gasteiger charge is -2.34. The summed E-state index contributed by atoms with van der Waals surface area (Å²) < 4.78 is 0. The highest BCUT2D eigenvalue weighted by molar-refractivity contribution is 5.99. The van der Waals surface area contributed by atoms with Gasteiger partial charge in [0, 0.05) is 18.7 Å². The minimum atomic E-state index is -0.711. The maximum atomic E-state index is 13.2. The second kappa shape index (κ2) is 7.64. The lowest BCUT2D eigenvalue weighted by molar-refractivity contribution is -0.141. The number of benzene rings is 2. The summed E-state index contributed by atoms with van der Waals surface area (Å²) in [4.78, 5) is 45.9. The first-order valence-electron chi connectivity index (χ1n) is 9.26. The van der Waals surface area contributed by atoms with Gasteiger partial charge in [-0.05, 0) is 36.6 Å². The molecule has 3 aromatic rings. The fourth-order valence-corrected chi connectivity index (χ4v) is 3.57. The third-order valence-corrected chi connectivity index (χ3v) is 4.94. The Morgan fingerprint density at radius 1 is 1.11 bits per heavy atom. The fourth-order valence-electron chi connectivity index (χ4n) is 3.57. The average Bonchev–Trinajstić information content (AvgIpc) is 2.71. The Morgan fingerprint density at radius 3 is 2.71 bits per heavy atom. The maximum Gasteiger partial charge on any atom is 0.258 e. The standard InChI is InChI=1S/C21H20N4O3/c26-18-8-4-5-11-25(18)19(14-6-2-1-3-7-14)21(28)24-15-9-10-17-16(12-15)20(27)23-13-22-17/h1-3,6-7,9-10,12-13,19H,4-5,8,11H2,(H,24,28)(H,22,23,27). The molecule has 2 N–H and O–H groups in total. The number of nitrogens with zero attached hydrogens (tertiary/aromatic N) is 2. The van der Waals surface area contributed by atoms with Crippen LogP contribution in [0.1, 0.15) is 30.9 Å². The number of hydrogen-bond donors (Lipinski definition) is 2. The van der Waals surface area contributed by atoms with Crippen LogP contribution in [-0.2, 0) is 9.59 Å². The van der Waals surface area contributed by atoms with Gasteiger partial charge in [-0.3, -0.25) is 14.4 Å². The average molecular weight is 376 g/mol. The van der Waals surface area contributed by atoms with Crippen LogP contribution in [-0.4, -0.2) is 33.2 Å². The minimum Gasteiger partial charge on any atom is -0.327 e. The summed E-state index contributed by atoms with van der Waals surface area (Å²) >= 11 is 0. The number of amides is 2. The third kappa shape index (κ3) is 3.51. The predicted octanol–water partition coefficient (Wildman–Crippen LogP) is 2.62. The number of likely N-dealkylation sites (tertiary alicyclic amines) is 1. The number of carbonyl (C=O) groups is 2. The number of hydrogen-bond acceptors (Lipinski definition) is 4. The van der Waals surface area contributed by atoms with Gasteiger partial charge in [-0.15, -0.1) is 0 Å². The van der Waals surface area contributed by atoms with Crippen molar-refractivity contribution in [2.75, 3.05) is 11.9 Å². The Kier molecular flexibility index (Phi) is 4.89. The summed E-state index contributed by atoms with van der Waals surface area (Å²) in [5, 5.41) is 3.26. The van der Waals surface area contributed by atoms with Crippen molar-refractivity contribution in [3.63, 3.8) is 0 Å². The molecule has 7 nitrogen and oxygen atoms in total. The highest BCUT2D eigenvalue weighted by Crippen LogP contribution is 2.27. The normalized spacial score (nSPS) is 15.4. The quantitative estimate of drug-likeness (QED) is 0.732. The fraction of sp³-hybridized carbons (Fsp3) is 0.238. The molecule has 1 fully saturated rings. The Balaban J connectivity index is 1.67. The lowest BCUT2D eigenvalue weighted by Crippen LogP contribution is -2.43. The number of carbonyl (C=O) groups excluding carboxylic acids is 2. The molecule has 7 heteroatoms. The molecule has 2 heterocycles. The summed E-state index contributed by atoms with van der Waals surface area (Å²) in [6.45, 7) is 0.549. The smallest absolute Gasteiger partial charge is 0.258 e. The van der Waals surface area contributed by atoms with Gasteiger partial charge in [-0.25, -0.2) is 4.98 Å². The van der Waals surface area contributed by atoms with Crippen molar-refractivity contribution in [1.29, 1.82) is 0 Å². The van der Waals surface area contributed by atoms with E-state index >= 15 is 0 Å². The molecular formula is C21H20N4O3. The zero-order valence-corrected chi connectivity index (χ0v) is 15.2. The number of rotatable bonds is 4. The summed E-state index contributed by atoms with van der Waals surface area (Å²) in [5.41, 5.74) is 1.52. The summed E-state index contributed by atoms with van der Waals surface area (Å²) in [7, 11) is 0. The number of anilines is 1. The first-order chi connectivity index (χ1) is 13.6. The number of fused-ring (bicyclic) bond motifs is 1. The largest absolute Gasteiger partial charge is 0.327 e. The van der Waals surface area contributed by atoms with E-state index in [4.69, 9.17) is 0 Å². The van der Waals surface area contributed by atoms with Gasteiger partial charge < -0.3 is 15.2 Å². The Bertz CT molecular complexity index is 1080. The molecule has 1 aromatic heterocycles. The number of piperidine rings is 1. The molecule has 0 saturated carbocycles. The van der Waals surface area contributed by atoms with Gasteiger partial charge in [-0.2, -0.15) is 0 Å². The molecule has 2 aromatic carbocycles. The van der Waals surface area contributed by atoms with Crippen molar-refractivity contribution < 1.29 is 9.59 Å². The topological polar surface area (TPSA) is 95.2 Å². The molecule has 1 unspecified atom stereocenters. The molecule has 4 rings (SSSR count). The van der Waals surface area contributed by atoms with Crippen LogP contribution in [0.5, 0.6) is 0 Å². The van der Waals surface area contributed by atoms with Gasteiger partial charge in [0.15, 0.2) is 0 Å². The van der Waals surface area contributed by atoms with Gasteiger partial charge in [-0.1, -0.05) is 30.3 Å². The van der Waals surface area contributed by atoms with Crippen molar-refractivity contribution in [1.82, 2.24) is 14.9 Å². The second-order valence-electron chi connectivity index (χ2n) is 6.81. The summed E-state index contributed by atoms with van der Waals surface area (Å²) in [5.74, 6) is -0.324. The zero-order valence-electron chi connectivity index (χ0n) is 15.2. The monoisotopic (exact) mass is 376 g/mol. The lowest BCUT2D eigenvalue weighted by atomic mass is 10.0. The van der Waals surface area contributed by atoms with E-state index in [9.17, 15) is 14.4 Å². The molecular weight excluding hydrogens is 356 g/mol. The Morgan fingerprint density at radius 2 is 1.93 bits per heavy atom. The molecule has 1 aliphatic heterocycles. The molecule has 1 saturated heterocycles. The van der Waals surface area contributed by atoms with Gasteiger partial charge >= 0.3 is 0 Å². The van der Waals surface area contributed by atoms with E-state index in [2.05, 4.69) is 15.3 Å². The van der Waals surface area contributed by atoms with E-state index in [0.717, 1.165) is 18.4 Å². The SMILES string of the molecule is O=C(Nc1ccc2nc[nH]c(=O)c2c1)C(c1ccccc1)N1CCCCC1=O. The molecule has 0 aliphatic carbocycles. The van der Waals surface area contributed by atoms with Gasteiger partial charge in [0.1, 0.15) is 6.04 Å². The number of aromatic amines is 1. The zero-order chi connectivity index (χ0) is 19.5. The number of H-pyrrole nitrogens is 1. The van der Waals surface area contributed by atoms with Crippen LogP contribution in [0.3, 0.4) is 0 Å². The minimum absolute atomic E-state index is 0.0191. The first-order valence-corrected chi connectivity index (χ1v) is 9.26. The van der Waals surface area contributed by atoms with Crippen LogP contribution in [0.2, 0.25) is 0 Å².